The summed E-state index contributed by atoms with van der Waals surface area (Å²) in [4.78, 5) is 0. The second-order valence-electron chi connectivity index (χ2n) is 2.25. The second kappa shape index (κ2) is 9.17. The topological polar surface area (TPSA) is 25.8 Å². The normalized spacial score (nSPS) is 7.62. The van der Waals surface area contributed by atoms with E-state index in [1.54, 1.807) is 0 Å². The van der Waals surface area contributed by atoms with Crippen LogP contribution in [0.1, 0.15) is 44.6 Å². The van der Waals surface area contributed by atoms with Crippen LogP contribution in [0.4, 0.5) is 0 Å². The molecule has 0 amide bonds. The molecule has 13 heavy (non-hydrogen) atoms. The van der Waals surface area contributed by atoms with E-state index in [0.717, 1.165) is 11.4 Å². The van der Waals surface area contributed by atoms with Gasteiger partial charge in [0, 0.05) is 0 Å². The Balaban J connectivity index is 0. The van der Waals surface area contributed by atoms with E-state index in [-0.39, 0.29) is 0 Å². The molecule has 0 aliphatic carbocycles. The third-order valence-electron chi connectivity index (χ3n) is 1.35. The van der Waals surface area contributed by atoms with Gasteiger partial charge in [0.25, 0.3) is 0 Å². The van der Waals surface area contributed by atoms with Crippen molar-refractivity contribution in [1.29, 1.82) is 0 Å². The standard InChI is InChI=1S/C7H10N2.2C2H6/c1-5-4-6(2)8-9-7(5)3;2*1-2/h4H,1-3H3;2*1-2H3. The molecule has 0 unspecified atom stereocenters. The van der Waals surface area contributed by atoms with Crippen molar-refractivity contribution in [3.63, 3.8) is 0 Å². The van der Waals surface area contributed by atoms with Crippen LogP contribution in [0.5, 0.6) is 0 Å². The maximum Gasteiger partial charge on any atom is 0.0629 e. The van der Waals surface area contributed by atoms with Crippen molar-refractivity contribution in [1.82, 2.24) is 10.2 Å². The van der Waals surface area contributed by atoms with Crippen LogP contribution in [-0.4, -0.2) is 10.2 Å². The highest BCUT2D eigenvalue weighted by atomic mass is 15.1. The van der Waals surface area contributed by atoms with Gasteiger partial charge in [0.1, 0.15) is 0 Å². The second-order valence-corrected chi connectivity index (χ2v) is 2.25. The van der Waals surface area contributed by atoms with Crippen LogP contribution in [0.3, 0.4) is 0 Å². The Kier molecular flexibility index (Phi) is 10.3. The maximum absolute atomic E-state index is 3.93. The fourth-order valence-electron chi connectivity index (χ4n) is 0.679. The van der Waals surface area contributed by atoms with Crippen LogP contribution in [0.2, 0.25) is 0 Å². The van der Waals surface area contributed by atoms with Gasteiger partial charge in [-0.3, -0.25) is 0 Å². The summed E-state index contributed by atoms with van der Waals surface area (Å²) in [5, 5.41) is 7.82. The van der Waals surface area contributed by atoms with Gasteiger partial charge in [-0.2, -0.15) is 10.2 Å². The number of rotatable bonds is 0. The molecular weight excluding hydrogens is 160 g/mol. The molecule has 1 heterocycles. The SMILES string of the molecule is CC.CC.Cc1cc(C)c(C)nn1. The summed E-state index contributed by atoms with van der Waals surface area (Å²) in [6.07, 6.45) is 0. The Bertz CT molecular complexity index is 219. The van der Waals surface area contributed by atoms with Crippen LogP contribution in [0.15, 0.2) is 6.07 Å². The lowest BCUT2D eigenvalue weighted by atomic mass is 10.2. The molecular formula is C11H22N2. The predicted octanol–water partition coefficient (Wildman–Crippen LogP) is 3.45. The van der Waals surface area contributed by atoms with Gasteiger partial charge in [-0.15, -0.1) is 0 Å². The monoisotopic (exact) mass is 182 g/mol. The lowest BCUT2D eigenvalue weighted by molar-refractivity contribution is 0.924. The van der Waals surface area contributed by atoms with Crippen molar-refractivity contribution in [3.05, 3.63) is 23.0 Å². The van der Waals surface area contributed by atoms with Crippen molar-refractivity contribution < 1.29 is 0 Å². The summed E-state index contributed by atoms with van der Waals surface area (Å²) in [5.41, 5.74) is 3.21. The van der Waals surface area contributed by atoms with Gasteiger partial charge in [0.05, 0.1) is 11.4 Å². The molecule has 0 atom stereocenters. The van der Waals surface area contributed by atoms with Crippen molar-refractivity contribution in [2.24, 2.45) is 0 Å². The Morgan fingerprint density at radius 1 is 0.846 bits per heavy atom. The predicted molar refractivity (Wildman–Crippen MR) is 58.9 cm³/mol. The molecule has 0 fully saturated rings. The van der Waals surface area contributed by atoms with Crippen LogP contribution in [-0.2, 0) is 0 Å². The van der Waals surface area contributed by atoms with Gasteiger partial charge in [-0.05, 0) is 32.4 Å². The quantitative estimate of drug-likeness (QED) is 0.614. The number of nitrogens with zero attached hydrogens (tertiary/aromatic N) is 2. The van der Waals surface area contributed by atoms with Gasteiger partial charge < -0.3 is 0 Å². The fourth-order valence-corrected chi connectivity index (χ4v) is 0.679. The molecule has 2 heteroatoms. The van der Waals surface area contributed by atoms with E-state index in [0.29, 0.717) is 0 Å². The first-order valence-electron chi connectivity index (χ1n) is 4.97. The Morgan fingerprint density at radius 3 is 1.62 bits per heavy atom. The zero-order valence-corrected chi connectivity index (χ0v) is 9.97. The van der Waals surface area contributed by atoms with E-state index in [2.05, 4.69) is 10.2 Å². The van der Waals surface area contributed by atoms with Crippen molar-refractivity contribution in [3.8, 4) is 0 Å². The molecule has 0 saturated carbocycles. The van der Waals surface area contributed by atoms with E-state index < -0.39 is 0 Å². The molecule has 0 aromatic carbocycles. The molecule has 0 N–H and O–H groups in total. The molecule has 0 bridgehead atoms. The maximum atomic E-state index is 3.93. The smallest absolute Gasteiger partial charge is 0.0629 e. The molecule has 1 rings (SSSR count). The summed E-state index contributed by atoms with van der Waals surface area (Å²) in [7, 11) is 0. The highest BCUT2D eigenvalue weighted by Gasteiger charge is 1.92. The molecule has 0 radical (unpaired) electrons. The summed E-state index contributed by atoms with van der Waals surface area (Å²) in [5.74, 6) is 0. The van der Waals surface area contributed by atoms with Gasteiger partial charge in [0.15, 0.2) is 0 Å². The Morgan fingerprint density at radius 2 is 1.31 bits per heavy atom. The highest BCUT2D eigenvalue weighted by molar-refractivity contribution is 5.16. The van der Waals surface area contributed by atoms with Crippen LogP contribution in [0, 0.1) is 20.8 Å². The average Bonchev–Trinajstić information content (AvgIpc) is 2.18. The first-order chi connectivity index (χ1) is 6.20. The van der Waals surface area contributed by atoms with Crippen molar-refractivity contribution >= 4 is 0 Å². The minimum absolute atomic E-state index is 0.984. The molecule has 0 aliphatic rings. The van der Waals surface area contributed by atoms with E-state index >= 15 is 0 Å². The van der Waals surface area contributed by atoms with E-state index in [1.165, 1.54) is 5.56 Å². The van der Waals surface area contributed by atoms with E-state index in [9.17, 15) is 0 Å². The third kappa shape index (κ3) is 6.26. The summed E-state index contributed by atoms with van der Waals surface area (Å²) >= 11 is 0. The summed E-state index contributed by atoms with van der Waals surface area (Å²) in [6.45, 7) is 13.9. The lowest BCUT2D eigenvalue weighted by Gasteiger charge is -1.95. The minimum atomic E-state index is 0.984. The fraction of sp³-hybridized carbons (Fsp3) is 0.636. The first-order valence-corrected chi connectivity index (χ1v) is 4.97. The van der Waals surface area contributed by atoms with Gasteiger partial charge >= 0.3 is 0 Å². The minimum Gasteiger partial charge on any atom is -0.156 e. The lowest BCUT2D eigenvalue weighted by Crippen LogP contribution is -1.91. The third-order valence-corrected chi connectivity index (χ3v) is 1.35. The van der Waals surface area contributed by atoms with Crippen molar-refractivity contribution in [2.45, 2.75) is 48.5 Å². The van der Waals surface area contributed by atoms with Crippen LogP contribution in [0.25, 0.3) is 0 Å². The van der Waals surface area contributed by atoms with Gasteiger partial charge in [-0.25, -0.2) is 0 Å². The number of hydrogen-bond donors (Lipinski definition) is 0. The van der Waals surface area contributed by atoms with Crippen LogP contribution < -0.4 is 0 Å². The largest absolute Gasteiger partial charge is 0.156 e. The van der Waals surface area contributed by atoms with E-state index in [4.69, 9.17) is 0 Å². The molecule has 76 valence electrons. The van der Waals surface area contributed by atoms with Crippen LogP contribution >= 0.6 is 0 Å². The van der Waals surface area contributed by atoms with Crippen molar-refractivity contribution in [2.75, 3.05) is 0 Å². The number of aryl methyl sites for hydroxylation is 3. The molecule has 0 saturated heterocycles. The zero-order valence-electron chi connectivity index (χ0n) is 9.97. The summed E-state index contributed by atoms with van der Waals surface area (Å²) < 4.78 is 0. The molecule has 1 aromatic rings. The number of hydrogen-bond acceptors (Lipinski definition) is 2. The molecule has 2 nitrogen and oxygen atoms in total. The van der Waals surface area contributed by atoms with Gasteiger partial charge in [0.2, 0.25) is 0 Å². The average molecular weight is 182 g/mol. The Hall–Kier alpha value is -0.920. The highest BCUT2D eigenvalue weighted by Crippen LogP contribution is 2.00. The van der Waals surface area contributed by atoms with E-state index in [1.807, 2.05) is 54.5 Å². The summed E-state index contributed by atoms with van der Waals surface area (Å²) in [6, 6.07) is 2.03. The molecule has 1 aromatic heterocycles. The molecule has 0 spiro atoms. The molecule has 0 aliphatic heterocycles. The zero-order chi connectivity index (χ0) is 10.9. The first kappa shape index (κ1) is 14.6. The Labute approximate surface area is 82.4 Å². The number of aromatic nitrogens is 2. The van der Waals surface area contributed by atoms with Gasteiger partial charge in [-0.1, -0.05) is 27.7 Å².